The highest BCUT2D eigenvalue weighted by molar-refractivity contribution is 5.51. The van der Waals surface area contributed by atoms with Crippen molar-refractivity contribution in [3.8, 4) is 17.7 Å². The first kappa shape index (κ1) is 11.4. The van der Waals surface area contributed by atoms with E-state index in [-0.39, 0.29) is 6.10 Å². The molecule has 0 fully saturated rings. The van der Waals surface area contributed by atoms with E-state index in [0.29, 0.717) is 29.6 Å². The van der Waals surface area contributed by atoms with Crippen LogP contribution in [0.25, 0.3) is 11.6 Å². The maximum absolute atomic E-state index is 8.70. The second kappa shape index (κ2) is 4.80. The third kappa shape index (κ3) is 2.34. The minimum Gasteiger partial charge on any atom is -0.371 e. The van der Waals surface area contributed by atoms with E-state index in [0.717, 1.165) is 0 Å². The van der Waals surface area contributed by atoms with Crippen LogP contribution < -0.4 is 0 Å². The van der Waals surface area contributed by atoms with Gasteiger partial charge in [0.05, 0.1) is 5.56 Å². The van der Waals surface area contributed by atoms with Gasteiger partial charge in [-0.15, -0.1) is 0 Å². The molecule has 88 valence electrons. The molecule has 0 saturated carbocycles. The highest BCUT2D eigenvalue weighted by atomic mass is 16.5. The molecule has 2 aromatic heterocycles. The average Bonchev–Trinajstić information content (AvgIpc) is 2.98. The highest BCUT2D eigenvalue weighted by Gasteiger charge is 2.15. The van der Waals surface area contributed by atoms with Crippen LogP contribution in [0.4, 0.5) is 0 Å². The van der Waals surface area contributed by atoms with Crippen molar-refractivity contribution in [3.05, 3.63) is 23.7 Å². The second-order valence-corrected chi connectivity index (χ2v) is 3.47. The van der Waals surface area contributed by atoms with E-state index < -0.39 is 0 Å². The van der Waals surface area contributed by atoms with Gasteiger partial charge in [-0.2, -0.15) is 10.2 Å². The number of aromatic amines is 1. The Morgan fingerprint density at radius 1 is 1.65 bits per heavy atom. The Hall–Kier alpha value is -2.13. The zero-order valence-corrected chi connectivity index (χ0v) is 9.60. The summed E-state index contributed by atoms with van der Waals surface area (Å²) in [4.78, 5) is 7.10. The van der Waals surface area contributed by atoms with Gasteiger partial charge in [-0.25, -0.2) is 0 Å². The van der Waals surface area contributed by atoms with Crippen LogP contribution in [0.5, 0.6) is 0 Å². The first-order valence-electron chi connectivity index (χ1n) is 5.28. The van der Waals surface area contributed by atoms with Crippen molar-refractivity contribution in [1.29, 1.82) is 5.26 Å². The Bertz CT molecular complexity index is 538. The van der Waals surface area contributed by atoms with Gasteiger partial charge in [0.15, 0.2) is 0 Å². The molecule has 0 aliphatic carbocycles. The van der Waals surface area contributed by atoms with Crippen LogP contribution in [0.3, 0.4) is 0 Å². The van der Waals surface area contributed by atoms with Gasteiger partial charge in [0.25, 0.3) is 5.89 Å². The van der Waals surface area contributed by atoms with Crippen LogP contribution in [0.15, 0.2) is 16.8 Å². The maximum Gasteiger partial charge on any atom is 0.274 e. The Labute approximate surface area is 98.2 Å². The molecule has 1 atom stereocenters. The summed E-state index contributed by atoms with van der Waals surface area (Å²) in [6.45, 7) is 4.35. The minimum atomic E-state index is -0.206. The predicted octanol–water partition coefficient (Wildman–Crippen LogP) is 2.03. The van der Waals surface area contributed by atoms with Crippen LogP contribution in [0.1, 0.15) is 31.3 Å². The molecular formula is C11H12N4O2. The molecule has 0 aliphatic heterocycles. The molecule has 0 spiro atoms. The fourth-order valence-corrected chi connectivity index (χ4v) is 1.42. The van der Waals surface area contributed by atoms with Gasteiger partial charge in [-0.05, 0) is 19.9 Å². The van der Waals surface area contributed by atoms with Crippen LogP contribution in [-0.2, 0) is 4.74 Å². The summed E-state index contributed by atoms with van der Waals surface area (Å²) in [6.07, 6.45) is 1.38. The van der Waals surface area contributed by atoms with Crippen molar-refractivity contribution < 1.29 is 9.26 Å². The van der Waals surface area contributed by atoms with Crippen molar-refractivity contribution in [2.45, 2.75) is 20.0 Å². The van der Waals surface area contributed by atoms with E-state index in [2.05, 4.69) is 15.1 Å². The Balaban J connectivity index is 2.21. The largest absolute Gasteiger partial charge is 0.371 e. The number of nitrogens with zero attached hydrogens (tertiary/aromatic N) is 3. The van der Waals surface area contributed by atoms with Gasteiger partial charge in [-0.1, -0.05) is 5.16 Å². The minimum absolute atomic E-state index is 0.206. The molecule has 2 aromatic rings. The molecule has 0 amide bonds. The van der Waals surface area contributed by atoms with Gasteiger partial charge in [0.1, 0.15) is 17.9 Å². The standard InChI is InChI=1S/C11H12N4O2/c1-3-16-7(2)10-14-11(17-15-10)9-4-8(5-12)6-13-9/h4,6-7,13H,3H2,1-2H3. The first-order chi connectivity index (χ1) is 8.24. The summed E-state index contributed by atoms with van der Waals surface area (Å²) >= 11 is 0. The summed E-state index contributed by atoms with van der Waals surface area (Å²) in [5.41, 5.74) is 1.15. The molecule has 6 nitrogen and oxygen atoms in total. The van der Waals surface area contributed by atoms with Gasteiger partial charge < -0.3 is 14.2 Å². The SMILES string of the molecule is CCOC(C)c1noc(-c2cc(C#N)c[nH]2)n1. The third-order valence-electron chi connectivity index (χ3n) is 2.26. The van der Waals surface area contributed by atoms with E-state index in [4.69, 9.17) is 14.5 Å². The van der Waals surface area contributed by atoms with Gasteiger partial charge in [-0.3, -0.25) is 0 Å². The number of aromatic nitrogens is 3. The van der Waals surface area contributed by atoms with Crippen LogP contribution in [0, 0.1) is 11.3 Å². The van der Waals surface area contributed by atoms with E-state index >= 15 is 0 Å². The molecule has 0 bridgehead atoms. The van der Waals surface area contributed by atoms with Crippen molar-refractivity contribution in [3.63, 3.8) is 0 Å². The summed E-state index contributed by atoms with van der Waals surface area (Å²) in [6, 6.07) is 3.68. The van der Waals surface area contributed by atoms with E-state index in [1.165, 1.54) is 0 Å². The fraction of sp³-hybridized carbons (Fsp3) is 0.364. The van der Waals surface area contributed by atoms with Crippen molar-refractivity contribution in [1.82, 2.24) is 15.1 Å². The summed E-state index contributed by atoms with van der Waals surface area (Å²) in [7, 11) is 0. The van der Waals surface area contributed by atoms with Crippen LogP contribution >= 0.6 is 0 Å². The fourth-order valence-electron chi connectivity index (χ4n) is 1.42. The van der Waals surface area contributed by atoms with E-state index in [9.17, 15) is 0 Å². The molecule has 0 radical (unpaired) electrons. The monoisotopic (exact) mass is 232 g/mol. The lowest BCUT2D eigenvalue weighted by Gasteiger charge is -2.04. The lowest BCUT2D eigenvalue weighted by molar-refractivity contribution is 0.0683. The highest BCUT2D eigenvalue weighted by Crippen LogP contribution is 2.20. The molecule has 0 aromatic carbocycles. The molecule has 1 unspecified atom stereocenters. The number of nitrogens with one attached hydrogen (secondary N) is 1. The first-order valence-corrected chi connectivity index (χ1v) is 5.28. The Morgan fingerprint density at radius 3 is 3.12 bits per heavy atom. The summed E-state index contributed by atoms with van der Waals surface area (Å²) in [5, 5.41) is 12.5. The number of hydrogen-bond donors (Lipinski definition) is 1. The quantitative estimate of drug-likeness (QED) is 0.871. The van der Waals surface area contributed by atoms with E-state index in [1.54, 1.807) is 12.3 Å². The smallest absolute Gasteiger partial charge is 0.274 e. The molecule has 0 aliphatic rings. The second-order valence-electron chi connectivity index (χ2n) is 3.47. The molecular weight excluding hydrogens is 220 g/mol. The molecule has 2 rings (SSSR count). The predicted molar refractivity (Wildman–Crippen MR) is 58.8 cm³/mol. The van der Waals surface area contributed by atoms with Gasteiger partial charge in [0.2, 0.25) is 5.82 Å². The molecule has 6 heteroatoms. The number of nitriles is 1. The lowest BCUT2D eigenvalue weighted by Crippen LogP contribution is -2.01. The van der Waals surface area contributed by atoms with Crippen LogP contribution in [-0.4, -0.2) is 21.7 Å². The zero-order chi connectivity index (χ0) is 12.3. The maximum atomic E-state index is 8.70. The Kier molecular flexibility index (Phi) is 3.21. The van der Waals surface area contributed by atoms with Crippen molar-refractivity contribution >= 4 is 0 Å². The normalized spacial score (nSPS) is 12.3. The summed E-state index contributed by atoms with van der Waals surface area (Å²) < 4.78 is 10.5. The summed E-state index contributed by atoms with van der Waals surface area (Å²) in [5.74, 6) is 0.850. The topological polar surface area (TPSA) is 87.7 Å². The molecule has 0 saturated heterocycles. The lowest BCUT2D eigenvalue weighted by atomic mass is 10.3. The molecule has 1 N–H and O–H groups in total. The van der Waals surface area contributed by atoms with Crippen LogP contribution in [0.2, 0.25) is 0 Å². The van der Waals surface area contributed by atoms with Gasteiger partial charge in [0, 0.05) is 12.8 Å². The average molecular weight is 232 g/mol. The number of hydrogen-bond acceptors (Lipinski definition) is 5. The number of rotatable bonds is 4. The van der Waals surface area contributed by atoms with Crippen molar-refractivity contribution in [2.24, 2.45) is 0 Å². The van der Waals surface area contributed by atoms with E-state index in [1.807, 2.05) is 19.9 Å². The van der Waals surface area contributed by atoms with Gasteiger partial charge >= 0.3 is 0 Å². The molecule has 2 heterocycles. The van der Waals surface area contributed by atoms with Crippen molar-refractivity contribution in [2.75, 3.05) is 6.61 Å². The Morgan fingerprint density at radius 2 is 2.47 bits per heavy atom. The zero-order valence-electron chi connectivity index (χ0n) is 9.60. The number of H-pyrrole nitrogens is 1. The molecule has 17 heavy (non-hydrogen) atoms. The number of ether oxygens (including phenoxy) is 1. The third-order valence-corrected chi connectivity index (χ3v) is 2.26.